The number of carbonyl (C=O) groups is 1. The van der Waals surface area contributed by atoms with Gasteiger partial charge in [0.2, 0.25) is 5.91 Å². The van der Waals surface area contributed by atoms with E-state index in [1.54, 1.807) is 0 Å². The van der Waals surface area contributed by atoms with E-state index in [0.717, 1.165) is 12.1 Å². The molecule has 1 aromatic rings. The van der Waals surface area contributed by atoms with Crippen molar-refractivity contribution in [3.63, 3.8) is 0 Å². The average molecular weight is 294 g/mol. The van der Waals surface area contributed by atoms with Crippen LogP contribution in [0.3, 0.4) is 0 Å². The summed E-state index contributed by atoms with van der Waals surface area (Å²) in [4.78, 5) is 11.2. The highest BCUT2D eigenvalue weighted by Gasteiger charge is 2.27. The van der Waals surface area contributed by atoms with Gasteiger partial charge >= 0.3 is 0 Å². The quantitative estimate of drug-likeness (QED) is 0.818. The lowest BCUT2D eigenvalue weighted by Gasteiger charge is -2.12. The smallest absolute Gasteiger partial charge is 0.287 e. The molecule has 0 saturated carbocycles. The molecule has 7 heteroatoms. The molecule has 0 heterocycles. The summed E-state index contributed by atoms with van der Waals surface area (Å²) >= 11 is 5.53. The predicted octanol–water partition coefficient (Wildman–Crippen LogP) is 2.24. The lowest BCUT2D eigenvalue weighted by atomic mass is 10.2. The molecule has 0 atom stereocenters. The van der Waals surface area contributed by atoms with Crippen LogP contribution in [0, 0.1) is 5.82 Å². The summed E-state index contributed by atoms with van der Waals surface area (Å²) in [7, 11) is 0. The van der Waals surface area contributed by atoms with Crippen LogP contribution in [0.25, 0.3) is 6.08 Å². The zero-order valence-electron chi connectivity index (χ0n) is 9.67. The van der Waals surface area contributed by atoms with Gasteiger partial charge in [0.05, 0.1) is 11.6 Å². The van der Waals surface area contributed by atoms with Gasteiger partial charge in [0.1, 0.15) is 12.4 Å². The summed E-state index contributed by atoms with van der Waals surface area (Å²) in [5, 5.41) is 10.1. The zero-order valence-corrected chi connectivity index (χ0v) is 10.4. The maximum atomic E-state index is 12.8. The third-order valence-corrected chi connectivity index (χ3v) is 2.41. The number of halogens is 4. The maximum absolute atomic E-state index is 12.8. The summed E-state index contributed by atoms with van der Waals surface area (Å²) in [6.45, 7) is -2.30. The Balaban J connectivity index is 2.56. The topological polar surface area (TPSA) is 49.3 Å². The van der Waals surface area contributed by atoms with Gasteiger partial charge in [-0.3, -0.25) is 4.79 Å². The molecule has 3 nitrogen and oxygen atoms in total. The Kier molecular flexibility index (Phi) is 5.38. The van der Waals surface area contributed by atoms with Gasteiger partial charge in [0, 0.05) is 6.08 Å². The zero-order chi connectivity index (χ0) is 14.5. The number of benzene rings is 1. The molecular formula is C12H11ClF3NO2. The molecule has 2 N–H and O–H groups in total. The molecule has 0 aliphatic carbocycles. The van der Waals surface area contributed by atoms with Crippen LogP contribution in [0.5, 0.6) is 0 Å². The van der Waals surface area contributed by atoms with Gasteiger partial charge in [0.25, 0.3) is 5.92 Å². The van der Waals surface area contributed by atoms with Crippen molar-refractivity contribution < 1.29 is 23.1 Å². The Bertz CT molecular complexity index is 492. The van der Waals surface area contributed by atoms with Crippen LogP contribution in [-0.4, -0.2) is 30.1 Å². The Labute approximate surface area is 112 Å². The average Bonchev–Trinajstić information content (AvgIpc) is 2.38. The molecular weight excluding hydrogens is 283 g/mol. The second-order valence-corrected chi connectivity index (χ2v) is 4.15. The first-order valence-corrected chi connectivity index (χ1v) is 5.61. The first kappa shape index (κ1) is 15.5. The molecule has 0 saturated heterocycles. The third-order valence-electron chi connectivity index (χ3n) is 2.12. The highest BCUT2D eigenvalue weighted by Crippen LogP contribution is 2.16. The van der Waals surface area contributed by atoms with E-state index in [-0.39, 0.29) is 5.02 Å². The molecule has 1 amide bonds. The third kappa shape index (κ3) is 5.32. The SMILES string of the molecule is O=C(/C=C/c1ccc(F)c(Cl)c1)NCC(F)(F)CO. The lowest BCUT2D eigenvalue weighted by Crippen LogP contribution is -2.38. The van der Waals surface area contributed by atoms with E-state index in [2.05, 4.69) is 0 Å². The molecule has 0 bridgehead atoms. The molecule has 104 valence electrons. The predicted molar refractivity (Wildman–Crippen MR) is 65.5 cm³/mol. The van der Waals surface area contributed by atoms with E-state index in [4.69, 9.17) is 16.7 Å². The molecule has 0 unspecified atom stereocenters. The van der Waals surface area contributed by atoms with Crippen LogP contribution < -0.4 is 5.32 Å². The van der Waals surface area contributed by atoms with Crippen LogP contribution in [0.15, 0.2) is 24.3 Å². The van der Waals surface area contributed by atoms with Gasteiger partial charge in [-0.1, -0.05) is 17.7 Å². The summed E-state index contributed by atoms with van der Waals surface area (Å²) in [6, 6.07) is 3.80. The van der Waals surface area contributed by atoms with Gasteiger partial charge in [-0.25, -0.2) is 13.2 Å². The molecule has 0 aromatic heterocycles. The summed E-state index contributed by atoms with van der Waals surface area (Å²) < 4.78 is 38.1. The van der Waals surface area contributed by atoms with Crippen molar-refractivity contribution in [2.24, 2.45) is 0 Å². The van der Waals surface area contributed by atoms with E-state index in [1.165, 1.54) is 18.2 Å². The van der Waals surface area contributed by atoms with Crippen LogP contribution in [0.4, 0.5) is 13.2 Å². The Morgan fingerprint density at radius 2 is 2.16 bits per heavy atom. The minimum Gasteiger partial charge on any atom is -0.390 e. The number of aliphatic hydroxyl groups excluding tert-OH is 1. The summed E-state index contributed by atoms with van der Waals surface area (Å²) in [5.41, 5.74) is 0.454. The van der Waals surface area contributed by atoms with Gasteiger partial charge in [-0.2, -0.15) is 0 Å². The molecule has 0 radical (unpaired) electrons. The highest BCUT2D eigenvalue weighted by molar-refractivity contribution is 6.30. The highest BCUT2D eigenvalue weighted by atomic mass is 35.5. The molecule has 0 aliphatic heterocycles. The van der Waals surface area contributed by atoms with Crippen molar-refractivity contribution in [2.45, 2.75) is 5.92 Å². The molecule has 0 spiro atoms. The fourth-order valence-electron chi connectivity index (χ4n) is 1.12. The number of hydrogen-bond acceptors (Lipinski definition) is 2. The van der Waals surface area contributed by atoms with Crippen LogP contribution >= 0.6 is 11.6 Å². The van der Waals surface area contributed by atoms with E-state index >= 15 is 0 Å². The Morgan fingerprint density at radius 1 is 1.47 bits per heavy atom. The summed E-state index contributed by atoms with van der Waals surface area (Å²) in [6.07, 6.45) is 2.31. The minimum atomic E-state index is -3.36. The first-order valence-electron chi connectivity index (χ1n) is 5.24. The normalized spacial score (nSPS) is 11.8. The Hall–Kier alpha value is -1.53. The number of nitrogens with one attached hydrogen (secondary N) is 1. The van der Waals surface area contributed by atoms with Crippen molar-refractivity contribution >= 4 is 23.6 Å². The molecule has 1 aromatic carbocycles. The number of rotatable bonds is 5. The lowest BCUT2D eigenvalue weighted by molar-refractivity contribution is -0.119. The number of carbonyl (C=O) groups excluding carboxylic acids is 1. The van der Waals surface area contributed by atoms with Crippen LogP contribution in [0.2, 0.25) is 5.02 Å². The van der Waals surface area contributed by atoms with Gasteiger partial charge in [-0.15, -0.1) is 0 Å². The van der Waals surface area contributed by atoms with Gasteiger partial charge in [-0.05, 0) is 23.8 Å². The van der Waals surface area contributed by atoms with Crippen molar-refractivity contribution in [3.8, 4) is 0 Å². The van der Waals surface area contributed by atoms with E-state index in [0.29, 0.717) is 5.56 Å². The fraction of sp³-hybridized carbons (Fsp3) is 0.250. The second kappa shape index (κ2) is 6.58. The largest absolute Gasteiger partial charge is 0.390 e. The number of hydrogen-bond donors (Lipinski definition) is 2. The van der Waals surface area contributed by atoms with Crippen molar-refractivity contribution in [2.75, 3.05) is 13.2 Å². The van der Waals surface area contributed by atoms with E-state index in [9.17, 15) is 18.0 Å². The van der Waals surface area contributed by atoms with Gasteiger partial charge < -0.3 is 10.4 Å². The van der Waals surface area contributed by atoms with Crippen LogP contribution in [0.1, 0.15) is 5.56 Å². The van der Waals surface area contributed by atoms with Crippen molar-refractivity contribution in [1.29, 1.82) is 0 Å². The number of amides is 1. The number of aliphatic hydroxyl groups is 1. The fourth-order valence-corrected chi connectivity index (χ4v) is 1.31. The van der Waals surface area contributed by atoms with Gasteiger partial charge in [0.15, 0.2) is 0 Å². The standard InChI is InChI=1S/C12H11ClF3NO2/c13-9-5-8(1-3-10(9)14)2-4-11(19)17-6-12(15,16)7-18/h1-5,18H,6-7H2,(H,17,19)/b4-2+. The van der Waals surface area contributed by atoms with Crippen molar-refractivity contribution in [1.82, 2.24) is 5.32 Å². The second-order valence-electron chi connectivity index (χ2n) is 3.74. The van der Waals surface area contributed by atoms with E-state index < -0.39 is 30.8 Å². The van der Waals surface area contributed by atoms with Crippen LogP contribution in [-0.2, 0) is 4.79 Å². The molecule has 1 rings (SSSR count). The molecule has 0 fully saturated rings. The van der Waals surface area contributed by atoms with E-state index in [1.807, 2.05) is 5.32 Å². The molecule has 19 heavy (non-hydrogen) atoms. The van der Waals surface area contributed by atoms with Crippen molar-refractivity contribution in [3.05, 3.63) is 40.7 Å². The Morgan fingerprint density at radius 3 is 2.74 bits per heavy atom. The minimum absolute atomic E-state index is 0.102. The molecule has 0 aliphatic rings. The first-order chi connectivity index (χ1) is 8.84. The number of alkyl halides is 2. The monoisotopic (exact) mass is 293 g/mol. The summed E-state index contributed by atoms with van der Waals surface area (Å²) in [5.74, 6) is -4.71. The maximum Gasteiger partial charge on any atom is 0.287 e.